The summed E-state index contributed by atoms with van der Waals surface area (Å²) < 4.78 is 10.5. The summed E-state index contributed by atoms with van der Waals surface area (Å²) in [5.41, 5.74) is 3.29. The minimum Gasteiger partial charge on any atom is -0.497 e. The lowest BCUT2D eigenvalue weighted by atomic mass is 10.1. The molecular weight excluding hydrogens is 466 g/mol. The summed E-state index contributed by atoms with van der Waals surface area (Å²) >= 11 is 0. The Bertz CT molecular complexity index is 1110. The zero-order valence-electron chi connectivity index (χ0n) is 22.5. The van der Waals surface area contributed by atoms with Crippen molar-refractivity contribution in [3.63, 3.8) is 0 Å². The molecule has 200 valence electrons. The van der Waals surface area contributed by atoms with Gasteiger partial charge in [0.15, 0.2) is 0 Å². The van der Waals surface area contributed by atoms with Gasteiger partial charge in [0.1, 0.15) is 5.75 Å². The van der Waals surface area contributed by atoms with Gasteiger partial charge in [-0.05, 0) is 48.6 Å². The number of carbonyl (C=O) groups is 2. The Labute approximate surface area is 220 Å². The van der Waals surface area contributed by atoms with E-state index < -0.39 is 0 Å². The Morgan fingerprint density at radius 1 is 0.892 bits per heavy atom. The molecule has 3 rings (SSSR count). The average Bonchev–Trinajstić information content (AvgIpc) is 3.34. The first-order valence-electron chi connectivity index (χ1n) is 13.3. The van der Waals surface area contributed by atoms with Crippen LogP contribution in [0.2, 0.25) is 0 Å². The lowest BCUT2D eigenvalue weighted by Crippen LogP contribution is -2.44. The van der Waals surface area contributed by atoms with E-state index >= 15 is 0 Å². The fourth-order valence-electron chi connectivity index (χ4n) is 4.48. The number of amides is 2. The van der Waals surface area contributed by atoms with Crippen LogP contribution in [0, 0.1) is 0 Å². The molecule has 0 saturated heterocycles. The predicted octanol–water partition coefficient (Wildman–Crippen LogP) is 5.19. The Hall–Kier alpha value is -3.32. The molecule has 1 N–H and O–H groups in total. The van der Waals surface area contributed by atoms with E-state index in [9.17, 15) is 9.59 Å². The van der Waals surface area contributed by atoms with Gasteiger partial charge in [0.25, 0.3) is 0 Å². The molecule has 0 unspecified atom stereocenters. The lowest BCUT2D eigenvalue weighted by molar-refractivity contribution is -0.141. The van der Waals surface area contributed by atoms with Crippen LogP contribution in [0.25, 0.3) is 10.9 Å². The summed E-state index contributed by atoms with van der Waals surface area (Å²) in [4.78, 5) is 33.5. The summed E-state index contributed by atoms with van der Waals surface area (Å²) in [5.74, 6) is 0.776. The van der Waals surface area contributed by atoms with Crippen molar-refractivity contribution in [2.75, 3.05) is 40.5 Å². The van der Waals surface area contributed by atoms with Gasteiger partial charge < -0.3 is 24.3 Å². The number of ether oxygens (including phenoxy) is 2. The number of aromatic amines is 1. The van der Waals surface area contributed by atoms with Crippen LogP contribution in [0.3, 0.4) is 0 Å². The highest BCUT2D eigenvalue weighted by atomic mass is 16.5. The number of H-pyrrole nitrogens is 1. The Kier molecular flexibility index (Phi) is 11.5. The smallest absolute Gasteiger partial charge is 0.242 e. The summed E-state index contributed by atoms with van der Waals surface area (Å²) in [6.07, 6.45) is 6.84. The molecule has 0 bridgehead atoms. The number of nitrogens with zero attached hydrogens (tertiary/aromatic N) is 2. The summed E-state index contributed by atoms with van der Waals surface area (Å²) in [6.45, 7) is 4.31. The summed E-state index contributed by atoms with van der Waals surface area (Å²) in [7, 11) is 3.29. The minimum absolute atomic E-state index is 0.0407. The second kappa shape index (κ2) is 15.1. The Morgan fingerprint density at radius 3 is 2.41 bits per heavy atom. The fraction of sp³-hybridized carbons (Fsp3) is 0.467. The van der Waals surface area contributed by atoms with E-state index in [1.165, 1.54) is 10.9 Å². The van der Waals surface area contributed by atoms with E-state index in [-0.39, 0.29) is 18.4 Å². The number of aromatic nitrogens is 1. The molecule has 2 amide bonds. The normalized spacial score (nSPS) is 11.0. The van der Waals surface area contributed by atoms with E-state index in [2.05, 4.69) is 24.0 Å². The first-order valence-corrected chi connectivity index (χ1v) is 13.3. The molecule has 0 spiro atoms. The highest BCUT2D eigenvalue weighted by Gasteiger charge is 2.22. The summed E-state index contributed by atoms with van der Waals surface area (Å²) in [6, 6.07) is 16.0. The van der Waals surface area contributed by atoms with Crippen molar-refractivity contribution in [1.82, 2.24) is 14.8 Å². The Balaban J connectivity index is 1.75. The maximum atomic E-state index is 13.6. The number of methoxy groups -OCH3 is 2. The fourth-order valence-corrected chi connectivity index (χ4v) is 4.48. The van der Waals surface area contributed by atoms with Crippen molar-refractivity contribution in [1.29, 1.82) is 0 Å². The van der Waals surface area contributed by atoms with Gasteiger partial charge in [-0.2, -0.15) is 0 Å². The predicted molar refractivity (Wildman–Crippen MR) is 148 cm³/mol. The van der Waals surface area contributed by atoms with Gasteiger partial charge in [-0.1, -0.05) is 50.1 Å². The number of hydrogen-bond donors (Lipinski definition) is 1. The second-order valence-corrected chi connectivity index (χ2v) is 9.39. The van der Waals surface area contributed by atoms with Crippen LogP contribution in [0.4, 0.5) is 0 Å². The van der Waals surface area contributed by atoms with Gasteiger partial charge in [0, 0.05) is 56.9 Å². The zero-order chi connectivity index (χ0) is 26.5. The van der Waals surface area contributed by atoms with Gasteiger partial charge in [-0.15, -0.1) is 0 Å². The van der Waals surface area contributed by atoms with E-state index in [0.29, 0.717) is 39.1 Å². The average molecular weight is 508 g/mol. The van der Waals surface area contributed by atoms with Gasteiger partial charge in [0.2, 0.25) is 11.8 Å². The maximum absolute atomic E-state index is 13.6. The van der Waals surface area contributed by atoms with Crippen LogP contribution in [0.5, 0.6) is 5.75 Å². The molecular formula is C30H41N3O4. The van der Waals surface area contributed by atoms with Crippen molar-refractivity contribution < 1.29 is 19.1 Å². The molecule has 0 aliphatic carbocycles. The molecule has 2 aromatic carbocycles. The molecule has 7 nitrogen and oxygen atoms in total. The number of nitrogens with one attached hydrogen (secondary N) is 1. The number of hydrogen-bond acceptors (Lipinski definition) is 4. The molecule has 0 aliphatic heterocycles. The molecule has 7 heteroatoms. The standard InChI is InChI=1S/C30H41N3O4/c1-4-5-6-12-29(34)32(18-9-20-36-2)23-30(35)33(22-24-13-15-26(37-3)16-14-24)19-17-25-21-31-28-11-8-7-10-27(25)28/h7-8,10-11,13-16,21,31H,4-6,9,12,17-20,22-23H2,1-3H3. The van der Waals surface area contributed by atoms with E-state index in [1.54, 1.807) is 19.1 Å². The number of fused-ring (bicyclic) bond motifs is 1. The maximum Gasteiger partial charge on any atom is 0.242 e. The topological polar surface area (TPSA) is 74.9 Å². The van der Waals surface area contributed by atoms with Crippen LogP contribution in [0.15, 0.2) is 54.7 Å². The van der Waals surface area contributed by atoms with Crippen molar-refractivity contribution in [2.45, 2.75) is 52.0 Å². The number of unbranched alkanes of at least 4 members (excludes halogenated alkanes) is 2. The molecule has 0 radical (unpaired) electrons. The molecule has 0 fully saturated rings. The van der Waals surface area contributed by atoms with Crippen LogP contribution in [0.1, 0.15) is 50.2 Å². The van der Waals surface area contributed by atoms with Crippen molar-refractivity contribution in [3.8, 4) is 5.75 Å². The number of rotatable bonds is 16. The quantitative estimate of drug-likeness (QED) is 0.271. The SMILES string of the molecule is CCCCCC(=O)N(CCCOC)CC(=O)N(CCc1c[nH]c2ccccc12)Cc1ccc(OC)cc1. The third kappa shape index (κ3) is 8.64. The van der Waals surface area contributed by atoms with Crippen LogP contribution in [-0.2, 0) is 27.3 Å². The second-order valence-electron chi connectivity index (χ2n) is 9.39. The zero-order valence-corrected chi connectivity index (χ0v) is 22.5. The van der Waals surface area contributed by atoms with Crippen LogP contribution in [-0.4, -0.2) is 67.1 Å². The molecule has 37 heavy (non-hydrogen) atoms. The van der Waals surface area contributed by atoms with E-state index in [1.807, 2.05) is 47.5 Å². The monoisotopic (exact) mass is 507 g/mol. The number of carbonyl (C=O) groups excluding carboxylic acids is 2. The van der Waals surface area contributed by atoms with Crippen molar-refractivity contribution in [3.05, 3.63) is 65.9 Å². The third-order valence-corrected chi connectivity index (χ3v) is 6.66. The van der Waals surface area contributed by atoms with Crippen molar-refractivity contribution in [2.24, 2.45) is 0 Å². The van der Waals surface area contributed by atoms with Crippen LogP contribution >= 0.6 is 0 Å². The Morgan fingerprint density at radius 2 is 1.68 bits per heavy atom. The first kappa shape index (κ1) is 28.3. The van der Waals surface area contributed by atoms with Crippen LogP contribution < -0.4 is 4.74 Å². The molecule has 0 saturated carbocycles. The first-order chi connectivity index (χ1) is 18.0. The molecule has 1 aromatic heterocycles. The van der Waals surface area contributed by atoms with Gasteiger partial charge >= 0.3 is 0 Å². The minimum atomic E-state index is -0.0445. The number of para-hydroxylation sites is 1. The molecule has 0 atom stereocenters. The number of benzene rings is 2. The molecule has 1 heterocycles. The largest absolute Gasteiger partial charge is 0.497 e. The molecule has 3 aromatic rings. The van der Waals surface area contributed by atoms with Gasteiger partial charge in [0.05, 0.1) is 13.7 Å². The lowest BCUT2D eigenvalue weighted by Gasteiger charge is -2.28. The van der Waals surface area contributed by atoms with Crippen molar-refractivity contribution >= 4 is 22.7 Å². The molecule has 0 aliphatic rings. The summed E-state index contributed by atoms with van der Waals surface area (Å²) in [5, 5.41) is 1.17. The van der Waals surface area contributed by atoms with Gasteiger partial charge in [-0.3, -0.25) is 9.59 Å². The van der Waals surface area contributed by atoms with E-state index in [4.69, 9.17) is 9.47 Å². The van der Waals surface area contributed by atoms with E-state index in [0.717, 1.165) is 42.5 Å². The third-order valence-electron chi connectivity index (χ3n) is 6.66. The van der Waals surface area contributed by atoms with Gasteiger partial charge in [-0.25, -0.2) is 0 Å². The highest BCUT2D eigenvalue weighted by Crippen LogP contribution is 2.19. The highest BCUT2D eigenvalue weighted by molar-refractivity contribution is 5.85.